The van der Waals surface area contributed by atoms with Crippen LogP contribution in [0.3, 0.4) is 0 Å². The Balaban J connectivity index is 2.00. The molecule has 0 spiro atoms. The van der Waals surface area contributed by atoms with Crippen LogP contribution in [0, 0.1) is 5.82 Å². The second-order valence-electron chi connectivity index (χ2n) is 4.20. The minimum Gasteiger partial charge on any atom is -0.491 e. The topological polar surface area (TPSA) is 18.5 Å². The molecule has 0 radical (unpaired) electrons. The number of ether oxygens (including phenoxy) is 2. The second-order valence-corrected chi connectivity index (χ2v) is 4.20. The summed E-state index contributed by atoms with van der Waals surface area (Å²) in [7, 11) is 0. The van der Waals surface area contributed by atoms with Crippen LogP contribution < -0.4 is 10.2 Å². The normalized spacial score (nSPS) is 20.1. The molecule has 0 aromatic heterocycles. The minimum absolute atomic E-state index is 0.0560. The van der Waals surface area contributed by atoms with Crippen molar-refractivity contribution in [3.63, 3.8) is 0 Å². The fraction of sp³-hybridized carbons (Fsp3) is 0.455. The van der Waals surface area contributed by atoms with Crippen LogP contribution >= 0.6 is 0 Å². The number of hydrogen-bond acceptors (Lipinski definition) is 2. The van der Waals surface area contributed by atoms with E-state index in [9.17, 15) is 17.3 Å². The predicted molar refractivity (Wildman–Crippen MR) is 59.6 cm³/mol. The Morgan fingerprint density at radius 2 is 2.11 bits per heavy atom. The summed E-state index contributed by atoms with van der Waals surface area (Å²) in [5.41, 5.74) is -1.22. The largest absolute Gasteiger partial charge is 0.512 e. The Labute approximate surface area is 102 Å². The molecule has 0 aliphatic carbocycles. The molecule has 1 aliphatic heterocycles. The summed E-state index contributed by atoms with van der Waals surface area (Å²) in [5.74, 6) is -1.21. The van der Waals surface area contributed by atoms with E-state index in [1.165, 1.54) is 0 Å². The van der Waals surface area contributed by atoms with Crippen molar-refractivity contribution in [2.75, 3.05) is 13.2 Å². The van der Waals surface area contributed by atoms with Gasteiger partial charge in [-0.15, -0.1) is 0 Å². The highest BCUT2D eigenvalue weighted by Gasteiger charge is 2.29. The molecule has 1 aromatic rings. The standard InChI is InChI=1S/C11H12BF4O2/c13-11-6-8(3-4-10(11)12(14,15)16)18-7-9-2-1-5-17-9/h3-4,6,9H,1-2,5,7H2/q-1. The zero-order valence-electron chi connectivity index (χ0n) is 9.54. The lowest BCUT2D eigenvalue weighted by Gasteiger charge is -2.17. The van der Waals surface area contributed by atoms with Gasteiger partial charge in [-0.1, -0.05) is 11.5 Å². The van der Waals surface area contributed by atoms with Crippen molar-refractivity contribution in [3.8, 4) is 5.75 Å². The molecule has 2 nitrogen and oxygen atoms in total. The highest BCUT2D eigenvalue weighted by Crippen LogP contribution is 2.18. The maximum atomic E-state index is 13.2. The summed E-state index contributed by atoms with van der Waals surface area (Å²) in [5, 5.41) is 0. The molecule has 1 aliphatic rings. The molecule has 1 unspecified atom stereocenters. The Hall–Kier alpha value is -1.24. The Kier molecular flexibility index (Phi) is 3.80. The third-order valence-corrected chi connectivity index (χ3v) is 2.78. The molecule has 0 saturated carbocycles. The van der Waals surface area contributed by atoms with Crippen LogP contribution in [-0.2, 0) is 4.74 Å². The van der Waals surface area contributed by atoms with Crippen molar-refractivity contribution in [2.24, 2.45) is 0 Å². The van der Waals surface area contributed by atoms with Crippen LogP contribution in [0.2, 0.25) is 0 Å². The molecule has 1 aromatic carbocycles. The Bertz CT molecular complexity index is 416. The molecule has 2 rings (SSSR count). The van der Waals surface area contributed by atoms with Crippen LogP contribution in [-0.4, -0.2) is 26.3 Å². The Morgan fingerprint density at radius 3 is 2.67 bits per heavy atom. The van der Waals surface area contributed by atoms with Gasteiger partial charge < -0.3 is 22.4 Å². The molecule has 1 fully saturated rings. The van der Waals surface area contributed by atoms with E-state index in [1.807, 2.05) is 0 Å². The molecule has 100 valence electrons. The van der Waals surface area contributed by atoms with Gasteiger partial charge in [0.1, 0.15) is 12.4 Å². The number of rotatable bonds is 4. The summed E-state index contributed by atoms with van der Waals surface area (Å²) in [6, 6.07) is 2.60. The van der Waals surface area contributed by atoms with Gasteiger partial charge >= 0.3 is 6.98 Å². The molecule has 7 heteroatoms. The molecule has 1 saturated heterocycles. The van der Waals surface area contributed by atoms with Gasteiger partial charge in [0.25, 0.3) is 0 Å². The summed E-state index contributed by atoms with van der Waals surface area (Å²) in [4.78, 5) is 0. The van der Waals surface area contributed by atoms with Crippen LogP contribution in [0.15, 0.2) is 18.2 Å². The smallest absolute Gasteiger partial charge is 0.491 e. The van der Waals surface area contributed by atoms with E-state index >= 15 is 0 Å². The first-order chi connectivity index (χ1) is 8.47. The quantitative estimate of drug-likeness (QED) is 0.613. The van der Waals surface area contributed by atoms with Crippen molar-refractivity contribution in [3.05, 3.63) is 24.0 Å². The maximum Gasteiger partial charge on any atom is 0.512 e. The molecule has 1 atom stereocenters. The van der Waals surface area contributed by atoms with Crippen molar-refractivity contribution >= 4 is 12.4 Å². The first-order valence-electron chi connectivity index (χ1n) is 5.70. The molecular formula is C11H12BF4O2-. The average molecular weight is 263 g/mol. The fourth-order valence-corrected chi connectivity index (χ4v) is 1.83. The summed E-state index contributed by atoms with van der Waals surface area (Å²) < 4.78 is 60.9. The molecule has 0 bridgehead atoms. The van der Waals surface area contributed by atoms with Crippen LogP contribution in [0.25, 0.3) is 0 Å². The van der Waals surface area contributed by atoms with Crippen LogP contribution in [0.1, 0.15) is 12.8 Å². The van der Waals surface area contributed by atoms with Gasteiger partial charge in [-0.25, -0.2) is 4.39 Å². The first kappa shape index (κ1) is 13.2. The molecule has 0 N–H and O–H groups in total. The highest BCUT2D eigenvalue weighted by atomic mass is 19.4. The zero-order valence-corrected chi connectivity index (χ0v) is 9.54. The van der Waals surface area contributed by atoms with E-state index in [2.05, 4.69) is 0 Å². The monoisotopic (exact) mass is 263 g/mol. The van der Waals surface area contributed by atoms with E-state index in [0.717, 1.165) is 25.0 Å². The van der Waals surface area contributed by atoms with E-state index in [1.54, 1.807) is 0 Å². The van der Waals surface area contributed by atoms with Gasteiger partial charge in [0.2, 0.25) is 0 Å². The fourth-order valence-electron chi connectivity index (χ4n) is 1.83. The van der Waals surface area contributed by atoms with Gasteiger partial charge in [0.05, 0.1) is 11.9 Å². The van der Waals surface area contributed by atoms with Gasteiger partial charge in [0.15, 0.2) is 0 Å². The van der Waals surface area contributed by atoms with Crippen molar-refractivity contribution < 1.29 is 26.8 Å². The maximum absolute atomic E-state index is 13.2. The van der Waals surface area contributed by atoms with E-state index < -0.39 is 18.3 Å². The van der Waals surface area contributed by atoms with Gasteiger partial charge in [-0.2, -0.15) is 0 Å². The first-order valence-corrected chi connectivity index (χ1v) is 5.70. The lowest BCUT2D eigenvalue weighted by Crippen LogP contribution is -2.36. The summed E-state index contributed by atoms with van der Waals surface area (Å²) in [6.07, 6.45) is 1.74. The highest BCUT2D eigenvalue weighted by molar-refractivity contribution is 6.73. The van der Waals surface area contributed by atoms with Gasteiger partial charge in [-0.3, -0.25) is 0 Å². The summed E-state index contributed by atoms with van der Waals surface area (Å²) >= 11 is 0. The number of halogens is 4. The third kappa shape index (κ3) is 3.16. The van der Waals surface area contributed by atoms with Crippen molar-refractivity contribution in [2.45, 2.75) is 18.9 Å². The lowest BCUT2D eigenvalue weighted by molar-refractivity contribution is 0.0678. The minimum atomic E-state index is -5.32. The average Bonchev–Trinajstić information content (AvgIpc) is 2.77. The van der Waals surface area contributed by atoms with Crippen LogP contribution in [0.5, 0.6) is 5.75 Å². The van der Waals surface area contributed by atoms with Crippen molar-refractivity contribution in [1.82, 2.24) is 0 Å². The Morgan fingerprint density at radius 1 is 1.33 bits per heavy atom. The van der Waals surface area contributed by atoms with Gasteiger partial charge in [0, 0.05) is 12.7 Å². The lowest BCUT2D eigenvalue weighted by atomic mass is 9.80. The zero-order chi connectivity index (χ0) is 13.2. The summed E-state index contributed by atoms with van der Waals surface area (Å²) in [6.45, 7) is -4.43. The van der Waals surface area contributed by atoms with Gasteiger partial charge in [-0.05, 0) is 18.9 Å². The number of hydrogen-bond donors (Lipinski definition) is 0. The van der Waals surface area contributed by atoms with E-state index in [0.29, 0.717) is 12.7 Å². The number of benzene rings is 1. The molecule has 18 heavy (non-hydrogen) atoms. The SMILES string of the molecule is Fc1cc(OCC2CCCO2)ccc1[B-](F)(F)F. The molecule has 0 amide bonds. The predicted octanol–water partition coefficient (Wildman–Crippen LogP) is 2.44. The van der Waals surface area contributed by atoms with Crippen molar-refractivity contribution in [1.29, 1.82) is 0 Å². The van der Waals surface area contributed by atoms with E-state index in [4.69, 9.17) is 9.47 Å². The third-order valence-electron chi connectivity index (χ3n) is 2.78. The molecular weight excluding hydrogens is 251 g/mol. The molecule has 1 heterocycles. The van der Waals surface area contributed by atoms with E-state index in [-0.39, 0.29) is 18.5 Å². The van der Waals surface area contributed by atoms with Crippen LogP contribution in [0.4, 0.5) is 17.3 Å². The second kappa shape index (κ2) is 5.18.